The molecule has 2 amide bonds. The molecule has 4 bridgehead atoms. The zero-order valence-corrected chi connectivity index (χ0v) is 17.8. The molecule has 150 valence electrons. The van der Waals surface area contributed by atoms with Gasteiger partial charge in [0.05, 0.1) is 11.7 Å². The van der Waals surface area contributed by atoms with E-state index in [1.807, 2.05) is 25.1 Å². The van der Waals surface area contributed by atoms with Gasteiger partial charge in [0.1, 0.15) is 5.75 Å². The minimum atomic E-state index is -0.146. The van der Waals surface area contributed by atoms with E-state index in [1.54, 1.807) is 0 Å². The monoisotopic (exact) mass is 446 g/mol. The van der Waals surface area contributed by atoms with Gasteiger partial charge in [-0.25, -0.2) is 0 Å². The summed E-state index contributed by atoms with van der Waals surface area (Å²) in [6.45, 7) is 2.05. The average molecular weight is 447 g/mol. The summed E-state index contributed by atoms with van der Waals surface area (Å²) in [7, 11) is 0. The van der Waals surface area contributed by atoms with Crippen LogP contribution < -0.4 is 15.4 Å². The molecule has 5 aliphatic rings. The maximum Gasteiger partial charge on any atom is 0.262 e. The van der Waals surface area contributed by atoms with E-state index in [1.165, 1.54) is 32.1 Å². The van der Waals surface area contributed by atoms with Crippen molar-refractivity contribution in [1.82, 2.24) is 5.32 Å². The lowest BCUT2D eigenvalue weighted by atomic mass is 9.48. The Morgan fingerprint density at radius 1 is 1.32 bits per heavy atom. The van der Waals surface area contributed by atoms with Crippen LogP contribution in [0.4, 0.5) is 5.69 Å². The van der Waals surface area contributed by atoms with Crippen molar-refractivity contribution in [3.05, 3.63) is 23.8 Å². The highest BCUT2D eigenvalue weighted by atomic mass is 79.9. The van der Waals surface area contributed by atoms with Crippen LogP contribution in [0, 0.1) is 17.3 Å². The molecule has 0 spiro atoms. The van der Waals surface area contributed by atoms with Gasteiger partial charge in [-0.05, 0) is 80.4 Å². The number of hydrogen-bond acceptors (Lipinski definition) is 3. The molecule has 1 aliphatic heterocycles. The summed E-state index contributed by atoms with van der Waals surface area (Å²) < 4.78 is 5.69. The van der Waals surface area contributed by atoms with Gasteiger partial charge in [-0.3, -0.25) is 9.59 Å². The smallest absolute Gasteiger partial charge is 0.262 e. The van der Waals surface area contributed by atoms with E-state index in [-0.39, 0.29) is 34.2 Å². The van der Waals surface area contributed by atoms with Crippen molar-refractivity contribution in [1.29, 1.82) is 0 Å². The summed E-state index contributed by atoms with van der Waals surface area (Å²) >= 11 is 4.03. The maximum absolute atomic E-state index is 12.9. The first-order valence-electron chi connectivity index (χ1n) is 10.4. The summed E-state index contributed by atoms with van der Waals surface area (Å²) in [6, 6.07) is 5.61. The number of fused-ring (bicyclic) bond motifs is 1. The highest BCUT2D eigenvalue weighted by Gasteiger charge is 2.57. The normalized spacial score (nSPS) is 36.3. The number of benzene rings is 1. The fraction of sp³-hybridized carbons (Fsp3) is 0.636. The van der Waals surface area contributed by atoms with Crippen molar-refractivity contribution in [2.45, 2.75) is 62.2 Å². The highest BCUT2D eigenvalue weighted by molar-refractivity contribution is 9.10. The fourth-order valence-corrected chi connectivity index (χ4v) is 8.14. The number of nitrogens with one attached hydrogen (secondary N) is 2. The van der Waals surface area contributed by atoms with E-state index >= 15 is 0 Å². The third kappa shape index (κ3) is 3.34. The van der Waals surface area contributed by atoms with Crippen LogP contribution in [0.1, 0.15) is 63.5 Å². The molecular formula is C22H27BrN2O3. The van der Waals surface area contributed by atoms with Crippen LogP contribution in [0.15, 0.2) is 18.2 Å². The van der Waals surface area contributed by atoms with Gasteiger partial charge in [-0.15, -0.1) is 0 Å². The van der Waals surface area contributed by atoms with Crippen LogP contribution in [0.3, 0.4) is 0 Å². The lowest BCUT2D eigenvalue weighted by Gasteiger charge is -2.60. The van der Waals surface area contributed by atoms with Crippen molar-refractivity contribution in [3.63, 3.8) is 0 Å². The molecule has 2 N–H and O–H groups in total. The van der Waals surface area contributed by atoms with Crippen molar-refractivity contribution in [2.75, 3.05) is 11.9 Å². The molecule has 6 rings (SSSR count). The standard InChI is InChI=1S/C22H27BrN2O3/c1-13(16-2-3-18-17(5-16)25-20(27)11-28-18)24-19(26)10-21-6-14-4-15(7-21)9-22(23,8-14)12-21/h2-3,5,13-15H,4,6-12H2,1H3,(H,24,26)(H,25,27). The number of alkyl halides is 1. The lowest BCUT2D eigenvalue weighted by Crippen LogP contribution is -2.54. The van der Waals surface area contributed by atoms with Gasteiger partial charge in [0.2, 0.25) is 5.91 Å². The molecule has 0 aromatic heterocycles. The minimum Gasteiger partial charge on any atom is -0.482 e. The Morgan fingerprint density at radius 2 is 2.07 bits per heavy atom. The van der Waals surface area contributed by atoms with E-state index in [0.29, 0.717) is 17.9 Å². The number of halogens is 1. The van der Waals surface area contributed by atoms with Gasteiger partial charge in [-0.1, -0.05) is 22.0 Å². The molecule has 4 aliphatic carbocycles. The van der Waals surface area contributed by atoms with E-state index in [2.05, 4.69) is 26.6 Å². The molecule has 3 atom stereocenters. The van der Waals surface area contributed by atoms with Gasteiger partial charge < -0.3 is 15.4 Å². The van der Waals surface area contributed by atoms with Crippen molar-refractivity contribution in [3.8, 4) is 5.75 Å². The number of amides is 2. The third-order valence-electron chi connectivity index (χ3n) is 7.16. The first kappa shape index (κ1) is 18.5. The SMILES string of the molecule is CC(NC(=O)CC12CC3CC(CC(Br)(C3)C1)C2)c1ccc2c(c1)NC(=O)CO2. The Labute approximate surface area is 174 Å². The summed E-state index contributed by atoms with van der Waals surface area (Å²) in [5.41, 5.74) is 1.83. The quantitative estimate of drug-likeness (QED) is 0.676. The molecule has 1 heterocycles. The second kappa shape index (κ2) is 6.48. The first-order valence-corrected chi connectivity index (χ1v) is 11.2. The summed E-state index contributed by atoms with van der Waals surface area (Å²) in [5.74, 6) is 2.25. The number of rotatable bonds is 4. The van der Waals surface area contributed by atoms with Crippen LogP contribution in [0.2, 0.25) is 0 Å². The number of ether oxygens (including phenoxy) is 1. The number of hydrogen-bond donors (Lipinski definition) is 2. The van der Waals surface area contributed by atoms with E-state index in [4.69, 9.17) is 4.74 Å². The zero-order valence-electron chi connectivity index (χ0n) is 16.2. The molecule has 3 unspecified atom stereocenters. The van der Waals surface area contributed by atoms with E-state index in [9.17, 15) is 9.59 Å². The molecule has 4 saturated carbocycles. The predicted octanol–water partition coefficient (Wildman–Crippen LogP) is 4.32. The maximum atomic E-state index is 12.9. The van der Waals surface area contributed by atoms with Gasteiger partial charge in [0, 0.05) is 10.7 Å². The van der Waals surface area contributed by atoms with Crippen LogP contribution >= 0.6 is 15.9 Å². The topological polar surface area (TPSA) is 67.4 Å². The Kier molecular flexibility index (Phi) is 4.27. The van der Waals surface area contributed by atoms with Gasteiger partial charge >= 0.3 is 0 Å². The predicted molar refractivity (Wildman–Crippen MR) is 111 cm³/mol. The third-order valence-corrected chi connectivity index (χ3v) is 8.09. The minimum absolute atomic E-state index is 0.0533. The van der Waals surface area contributed by atoms with Crippen LogP contribution in [0.5, 0.6) is 5.75 Å². The largest absolute Gasteiger partial charge is 0.482 e. The summed E-state index contributed by atoms with van der Waals surface area (Å²) in [5, 5.41) is 6.03. The lowest BCUT2D eigenvalue weighted by molar-refractivity contribution is -0.128. The highest BCUT2D eigenvalue weighted by Crippen LogP contribution is 2.65. The van der Waals surface area contributed by atoms with Crippen LogP contribution in [-0.2, 0) is 9.59 Å². The first-order chi connectivity index (χ1) is 13.3. The van der Waals surface area contributed by atoms with E-state index in [0.717, 1.165) is 23.8 Å². The van der Waals surface area contributed by atoms with Gasteiger partial charge in [0.25, 0.3) is 5.91 Å². The molecule has 5 nitrogen and oxygen atoms in total. The van der Waals surface area contributed by atoms with Crippen LogP contribution in [0.25, 0.3) is 0 Å². The Bertz CT molecular complexity index is 825. The zero-order chi connectivity index (χ0) is 19.5. The van der Waals surface area contributed by atoms with Crippen molar-refractivity contribution in [2.24, 2.45) is 17.3 Å². The van der Waals surface area contributed by atoms with Crippen molar-refractivity contribution >= 4 is 33.4 Å². The fourth-order valence-electron chi connectivity index (χ4n) is 6.63. The molecular weight excluding hydrogens is 420 g/mol. The molecule has 4 fully saturated rings. The summed E-state index contributed by atoms with van der Waals surface area (Å²) in [6.07, 6.45) is 8.11. The Morgan fingerprint density at radius 3 is 2.79 bits per heavy atom. The summed E-state index contributed by atoms with van der Waals surface area (Å²) in [4.78, 5) is 24.5. The number of anilines is 1. The molecule has 0 saturated heterocycles. The molecule has 28 heavy (non-hydrogen) atoms. The molecule has 1 aromatic rings. The Hall–Kier alpha value is -1.56. The van der Waals surface area contributed by atoms with Crippen LogP contribution in [-0.4, -0.2) is 22.7 Å². The van der Waals surface area contributed by atoms with Gasteiger partial charge in [0.15, 0.2) is 6.61 Å². The number of carbonyl (C=O) groups excluding carboxylic acids is 2. The second-order valence-corrected chi connectivity index (χ2v) is 11.4. The van der Waals surface area contributed by atoms with E-state index < -0.39 is 0 Å². The van der Waals surface area contributed by atoms with Gasteiger partial charge in [-0.2, -0.15) is 0 Å². The molecule has 0 radical (unpaired) electrons. The average Bonchev–Trinajstić information content (AvgIpc) is 2.58. The Balaban J connectivity index is 1.26. The molecule has 6 heteroatoms. The second-order valence-electron chi connectivity index (χ2n) is 9.67. The molecule has 1 aromatic carbocycles. The number of carbonyl (C=O) groups is 2. The van der Waals surface area contributed by atoms with Crippen molar-refractivity contribution < 1.29 is 14.3 Å².